The van der Waals surface area contributed by atoms with Crippen LogP contribution in [0.1, 0.15) is 0 Å². The van der Waals surface area contributed by atoms with Crippen LogP contribution in [-0.2, 0) is 11.8 Å². The monoisotopic (exact) mass is 420 g/mol. The third-order valence-corrected chi connectivity index (χ3v) is 5.20. The van der Waals surface area contributed by atoms with Crippen molar-refractivity contribution in [1.82, 2.24) is 9.55 Å². The number of rotatable bonds is 5. The highest BCUT2D eigenvalue weighted by Crippen LogP contribution is 2.28. The fourth-order valence-corrected chi connectivity index (χ4v) is 3.54. The van der Waals surface area contributed by atoms with Crippen LogP contribution in [0.15, 0.2) is 52.1 Å². The van der Waals surface area contributed by atoms with Gasteiger partial charge in [-0.2, -0.15) is 0 Å². The number of halogens is 1. The maximum Gasteiger partial charge on any atom is 0.270 e. The number of amides is 1. The number of fused-ring (bicyclic) bond motifs is 1. The molecule has 25 heavy (non-hydrogen) atoms. The first-order valence-electron chi connectivity index (χ1n) is 7.24. The standard InChI is InChI=1S/C16H13BrN4O3S/c1-20-14-5-3-2-4-13(14)19-16(20)25-9-15(22)18-12-7-6-10(21(23)24)8-11(12)17/h2-8H,9H2,1H3,(H,18,22). The topological polar surface area (TPSA) is 90.1 Å². The summed E-state index contributed by atoms with van der Waals surface area (Å²) in [6.07, 6.45) is 0. The predicted octanol–water partition coefficient (Wildman–Crippen LogP) is 3.97. The molecular formula is C16H13BrN4O3S. The van der Waals surface area contributed by atoms with Crippen molar-refractivity contribution in [2.24, 2.45) is 7.05 Å². The number of imidazole rings is 1. The van der Waals surface area contributed by atoms with Gasteiger partial charge in [-0.1, -0.05) is 23.9 Å². The van der Waals surface area contributed by atoms with Gasteiger partial charge in [0.25, 0.3) is 5.69 Å². The summed E-state index contributed by atoms with van der Waals surface area (Å²) in [6, 6.07) is 12.0. The zero-order chi connectivity index (χ0) is 18.0. The zero-order valence-electron chi connectivity index (χ0n) is 13.1. The molecule has 2 aromatic carbocycles. The summed E-state index contributed by atoms with van der Waals surface area (Å²) in [6.45, 7) is 0. The molecule has 1 amide bonds. The highest BCUT2D eigenvalue weighted by molar-refractivity contribution is 9.10. The molecule has 0 saturated heterocycles. The average molecular weight is 421 g/mol. The number of thioether (sulfide) groups is 1. The van der Waals surface area contributed by atoms with E-state index in [1.165, 1.54) is 30.0 Å². The Labute approximate surface area is 155 Å². The molecule has 3 rings (SSSR count). The highest BCUT2D eigenvalue weighted by atomic mass is 79.9. The SMILES string of the molecule is Cn1c(SCC(=O)Nc2ccc([N+](=O)[O-])cc2Br)nc2ccccc21. The third-order valence-electron chi connectivity index (χ3n) is 3.52. The Morgan fingerprint density at radius 3 is 2.80 bits per heavy atom. The van der Waals surface area contributed by atoms with Crippen LogP contribution in [0.5, 0.6) is 0 Å². The molecule has 0 aliphatic rings. The van der Waals surface area contributed by atoms with Gasteiger partial charge in [-0.25, -0.2) is 4.98 Å². The van der Waals surface area contributed by atoms with E-state index in [1.54, 1.807) is 0 Å². The number of hydrogen-bond acceptors (Lipinski definition) is 5. The van der Waals surface area contributed by atoms with Crippen LogP contribution >= 0.6 is 27.7 Å². The molecule has 1 heterocycles. The van der Waals surface area contributed by atoms with Gasteiger partial charge in [0.15, 0.2) is 5.16 Å². The Morgan fingerprint density at radius 1 is 1.36 bits per heavy atom. The number of benzene rings is 2. The van der Waals surface area contributed by atoms with Crippen molar-refractivity contribution >= 4 is 56.0 Å². The molecule has 0 atom stereocenters. The van der Waals surface area contributed by atoms with Crippen molar-refractivity contribution in [2.45, 2.75) is 5.16 Å². The minimum Gasteiger partial charge on any atom is -0.324 e. The number of hydrogen-bond donors (Lipinski definition) is 1. The number of nitrogens with zero attached hydrogens (tertiary/aromatic N) is 3. The molecule has 1 aromatic heterocycles. The van der Waals surface area contributed by atoms with Crippen LogP contribution in [0, 0.1) is 10.1 Å². The molecule has 0 bridgehead atoms. The van der Waals surface area contributed by atoms with E-state index in [4.69, 9.17) is 0 Å². The van der Waals surface area contributed by atoms with Crippen LogP contribution in [0.4, 0.5) is 11.4 Å². The molecule has 0 fully saturated rings. The normalized spacial score (nSPS) is 10.8. The van der Waals surface area contributed by atoms with Crippen molar-refractivity contribution in [2.75, 3.05) is 11.1 Å². The van der Waals surface area contributed by atoms with Gasteiger partial charge in [-0.3, -0.25) is 14.9 Å². The maximum absolute atomic E-state index is 12.2. The van der Waals surface area contributed by atoms with Gasteiger partial charge < -0.3 is 9.88 Å². The molecule has 0 aliphatic heterocycles. The van der Waals surface area contributed by atoms with E-state index in [-0.39, 0.29) is 17.3 Å². The lowest BCUT2D eigenvalue weighted by atomic mass is 10.3. The van der Waals surface area contributed by atoms with E-state index in [9.17, 15) is 14.9 Å². The highest BCUT2D eigenvalue weighted by Gasteiger charge is 2.13. The number of para-hydroxylation sites is 2. The average Bonchev–Trinajstić information content (AvgIpc) is 2.91. The lowest BCUT2D eigenvalue weighted by molar-refractivity contribution is -0.384. The van der Waals surface area contributed by atoms with Crippen molar-refractivity contribution < 1.29 is 9.72 Å². The third kappa shape index (κ3) is 3.83. The second-order valence-electron chi connectivity index (χ2n) is 5.20. The number of nitrogens with one attached hydrogen (secondary N) is 1. The molecule has 0 unspecified atom stereocenters. The molecule has 128 valence electrons. The van der Waals surface area contributed by atoms with Crippen LogP contribution in [-0.4, -0.2) is 26.1 Å². The number of anilines is 1. The van der Waals surface area contributed by atoms with E-state index in [0.717, 1.165) is 16.2 Å². The minimum absolute atomic E-state index is 0.0426. The smallest absolute Gasteiger partial charge is 0.270 e. The lowest BCUT2D eigenvalue weighted by Gasteiger charge is -2.07. The first-order chi connectivity index (χ1) is 12.0. The Kier molecular flexibility index (Phi) is 5.05. The first kappa shape index (κ1) is 17.4. The van der Waals surface area contributed by atoms with Crippen LogP contribution in [0.2, 0.25) is 0 Å². The summed E-state index contributed by atoms with van der Waals surface area (Å²) in [5.41, 5.74) is 2.33. The molecule has 0 aliphatic carbocycles. The molecule has 7 nitrogen and oxygen atoms in total. The van der Waals surface area contributed by atoms with Crippen molar-refractivity contribution in [3.63, 3.8) is 0 Å². The quantitative estimate of drug-likeness (QED) is 0.383. The van der Waals surface area contributed by atoms with E-state index < -0.39 is 4.92 Å². The fraction of sp³-hybridized carbons (Fsp3) is 0.125. The number of non-ortho nitro benzene ring substituents is 1. The second kappa shape index (κ2) is 7.24. The summed E-state index contributed by atoms with van der Waals surface area (Å²) >= 11 is 4.56. The number of carbonyl (C=O) groups is 1. The second-order valence-corrected chi connectivity index (χ2v) is 7.00. The number of nitro groups is 1. The minimum atomic E-state index is -0.488. The zero-order valence-corrected chi connectivity index (χ0v) is 15.5. The molecular weight excluding hydrogens is 408 g/mol. The van der Waals surface area contributed by atoms with Gasteiger partial charge >= 0.3 is 0 Å². The van der Waals surface area contributed by atoms with E-state index >= 15 is 0 Å². The van der Waals surface area contributed by atoms with E-state index in [0.29, 0.717) is 10.2 Å². The predicted molar refractivity (Wildman–Crippen MR) is 101 cm³/mol. The largest absolute Gasteiger partial charge is 0.324 e. The summed E-state index contributed by atoms with van der Waals surface area (Å²) in [5.74, 6) is -0.0350. The number of nitro benzene ring substituents is 1. The summed E-state index contributed by atoms with van der Waals surface area (Å²) in [5, 5.41) is 14.2. The molecule has 1 N–H and O–H groups in total. The summed E-state index contributed by atoms with van der Waals surface area (Å²) < 4.78 is 2.40. The van der Waals surface area contributed by atoms with Crippen LogP contribution < -0.4 is 5.32 Å². The Balaban J connectivity index is 1.66. The molecule has 0 spiro atoms. The van der Waals surface area contributed by atoms with Gasteiger partial charge in [0, 0.05) is 23.7 Å². The van der Waals surface area contributed by atoms with Crippen molar-refractivity contribution in [3.8, 4) is 0 Å². The molecule has 0 saturated carbocycles. The van der Waals surface area contributed by atoms with Crippen molar-refractivity contribution in [1.29, 1.82) is 0 Å². The van der Waals surface area contributed by atoms with Gasteiger partial charge in [-0.15, -0.1) is 0 Å². The van der Waals surface area contributed by atoms with Gasteiger partial charge in [0.05, 0.1) is 27.4 Å². The Morgan fingerprint density at radius 2 is 2.12 bits per heavy atom. The summed E-state index contributed by atoms with van der Waals surface area (Å²) in [4.78, 5) is 26.9. The molecule has 0 radical (unpaired) electrons. The number of aryl methyl sites for hydroxylation is 1. The van der Waals surface area contributed by atoms with Gasteiger partial charge in [-0.05, 0) is 34.1 Å². The molecule has 3 aromatic rings. The maximum atomic E-state index is 12.2. The first-order valence-corrected chi connectivity index (χ1v) is 9.01. The van der Waals surface area contributed by atoms with Crippen molar-refractivity contribution in [3.05, 3.63) is 57.1 Å². The van der Waals surface area contributed by atoms with Gasteiger partial charge in [0.2, 0.25) is 5.91 Å². The lowest BCUT2D eigenvalue weighted by Crippen LogP contribution is -2.14. The molecule has 9 heteroatoms. The Bertz CT molecular complexity index is 973. The van der Waals surface area contributed by atoms with E-state index in [1.807, 2.05) is 35.9 Å². The van der Waals surface area contributed by atoms with Gasteiger partial charge in [0.1, 0.15) is 0 Å². The fourth-order valence-electron chi connectivity index (χ4n) is 2.29. The Hall–Kier alpha value is -2.39. The van der Waals surface area contributed by atoms with E-state index in [2.05, 4.69) is 26.2 Å². The summed E-state index contributed by atoms with van der Waals surface area (Å²) in [7, 11) is 1.91. The number of carbonyl (C=O) groups excluding carboxylic acids is 1. The van der Waals surface area contributed by atoms with Crippen LogP contribution in [0.25, 0.3) is 11.0 Å². The van der Waals surface area contributed by atoms with Crippen LogP contribution in [0.3, 0.4) is 0 Å². The number of aromatic nitrogens is 2.